The summed E-state index contributed by atoms with van der Waals surface area (Å²) in [4.78, 5) is 4.56. The highest BCUT2D eigenvalue weighted by atomic mass is 35.5. The summed E-state index contributed by atoms with van der Waals surface area (Å²) in [7, 11) is 0. The van der Waals surface area contributed by atoms with Crippen molar-refractivity contribution in [3.63, 3.8) is 0 Å². The van der Waals surface area contributed by atoms with Crippen LogP contribution in [0.2, 0.25) is 0 Å². The zero-order valence-electron chi connectivity index (χ0n) is 8.25. The number of aryl methyl sites for hydroxylation is 1. The molecule has 0 N–H and O–H groups in total. The molecule has 1 unspecified atom stereocenters. The van der Waals surface area contributed by atoms with Gasteiger partial charge in [-0.3, -0.25) is 0 Å². The molecule has 1 aromatic heterocycles. The molecule has 2 rings (SSSR count). The predicted molar refractivity (Wildman–Crippen MR) is 59.1 cm³/mol. The monoisotopic (exact) mass is 231 g/mol. The van der Waals surface area contributed by atoms with Gasteiger partial charge in [0, 0.05) is 24.3 Å². The minimum Gasteiger partial charge on any atom is -0.368 e. The van der Waals surface area contributed by atoms with Gasteiger partial charge in [-0.25, -0.2) is 4.98 Å². The van der Waals surface area contributed by atoms with Gasteiger partial charge in [0.2, 0.25) is 0 Å². The molecule has 78 valence electrons. The summed E-state index contributed by atoms with van der Waals surface area (Å²) in [6.07, 6.45) is 3.08. The van der Waals surface area contributed by atoms with Gasteiger partial charge in [0.15, 0.2) is 0 Å². The molecule has 1 atom stereocenters. The van der Waals surface area contributed by atoms with Gasteiger partial charge in [0.05, 0.1) is 5.69 Å². The lowest BCUT2D eigenvalue weighted by molar-refractivity contribution is 0.0165. The first-order valence-corrected chi connectivity index (χ1v) is 6.31. The Labute approximate surface area is 93.3 Å². The lowest BCUT2D eigenvalue weighted by Gasteiger charge is -2.19. The van der Waals surface area contributed by atoms with Crippen LogP contribution in [0, 0.1) is 0 Å². The van der Waals surface area contributed by atoms with Crippen LogP contribution in [0.1, 0.15) is 30.5 Å². The first-order valence-electron chi connectivity index (χ1n) is 4.89. The van der Waals surface area contributed by atoms with Crippen LogP contribution in [0.4, 0.5) is 0 Å². The van der Waals surface area contributed by atoms with E-state index in [0.29, 0.717) is 5.88 Å². The van der Waals surface area contributed by atoms with Crippen LogP contribution in [0.15, 0.2) is 5.38 Å². The van der Waals surface area contributed by atoms with Crippen molar-refractivity contribution in [1.82, 2.24) is 4.98 Å². The number of halogens is 1. The number of thiazole rings is 1. The second-order valence-electron chi connectivity index (χ2n) is 3.77. The Kier molecular flexibility index (Phi) is 3.10. The van der Waals surface area contributed by atoms with E-state index in [9.17, 15) is 0 Å². The van der Waals surface area contributed by atoms with E-state index in [0.717, 1.165) is 36.6 Å². The highest BCUT2D eigenvalue weighted by molar-refractivity contribution is 7.09. The number of alkyl halides is 1. The average molecular weight is 232 g/mol. The fourth-order valence-corrected chi connectivity index (χ4v) is 2.90. The molecule has 0 aliphatic carbocycles. The van der Waals surface area contributed by atoms with E-state index >= 15 is 0 Å². The first kappa shape index (κ1) is 10.4. The van der Waals surface area contributed by atoms with Crippen LogP contribution < -0.4 is 0 Å². The summed E-state index contributed by atoms with van der Waals surface area (Å²) in [6, 6.07) is 0. The molecule has 1 aromatic rings. The fourth-order valence-electron chi connectivity index (χ4n) is 1.71. The molecule has 0 spiro atoms. The molecule has 0 aromatic carbocycles. The quantitative estimate of drug-likeness (QED) is 0.747. The lowest BCUT2D eigenvalue weighted by Crippen LogP contribution is -2.19. The summed E-state index contributed by atoms with van der Waals surface area (Å²) in [6.45, 7) is 2.99. The molecule has 4 heteroatoms. The largest absolute Gasteiger partial charge is 0.368 e. The first-order chi connectivity index (χ1) is 6.74. The van der Waals surface area contributed by atoms with Gasteiger partial charge >= 0.3 is 0 Å². The maximum absolute atomic E-state index is 5.73. The summed E-state index contributed by atoms with van der Waals surface area (Å²) in [5.74, 6) is 0.640. The average Bonchev–Trinajstić information content (AvgIpc) is 2.75. The number of hydrogen-bond acceptors (Lipinski definition) is 3. The predicted octanol–water partition coefficient (Wildman–Crippen LogP) is 2.95. The van der Waals surface area contributed by atoms with E-state index in [4.69, 9.17) is 16.3 Å². The number of aromatic nitrogens is 1. The molecule has 1 aliphatic heterocycles. The van der Waals surface area contributed by atoms with Crippen LogP contribution in [0.3, 0.4) is 0 Å². The minimum absolute atomic E-state index is 0.130. The smallest absolute Gasteiger partial charge is 0.125 e. The second kappa shape index (κ2) is 4.17. The normalized spacial score (nSPS) is 27.0. The van der Waals surface area contributed by atoms with Crippen molar-refractivity contribution in [3.05, 3.63) is 16.1 Å². The van der Waals surface area contributed by atoms with Gasteiger partial charge in [-0.2, -0.15) is 0 Å². The topological polar surface area (TPSA) is 22.1 Å². The second-order valence-corrected chi connectivity index (χ2v) is 5.00. The minimum atomic E-state index is -0.130. The summed E-state index contributed by atoms with van der Waals surface area (Å²) < 4.78 is 5.73. The Bertz CT molecular complexity index is 307. The van der Waals surface area contributed by atoms with Gasteiger partial charge < -0.3 is 4.74 Å². The van der Waals surface area contributed by atoms with Crippen molar-refractivity contribution in [2.45, 2.75) is 31.8 Å². The molecule has 0 bridgehead atoms. The van der Waals surface area contributed by atoms with Crippen LogP contribution >= 0.6 is 22.9 Å². The van der Waals surface area contributed by atoms with Crippen LogP contribution in [-0.2, 0) is 16.8 Å². The van der Waals surface area contributed by atoms with Crippen molar-refractivity contribution in [2.75, 3.05) is 12.5 Å². The number of ether oxygens (including phenoxy) is 1. The van der Waals surface area contributed by atoms with E-state index in [1.807, 2.05) is 0 Å². The third kappa shape index (κ3) is 1.95. The molecule has 2 nitrogen and oxygen atoms in total. The van der Waals surface area contributed by atoms with Crippen molar-refractivity contribution >= 4 is 22.9 Å². The van der Waals surface area contributed by atoms with Gasteiger partial charge in [-0.15, -0.1) is 22.9 Å². The number of rotatable bonds is 3. The van der Waals surface area contributed by atoms with Gasteiger partial charge in [-0.05, 0) is 19.8 Å². The Morgan fingerprint density at radius 1 is 1.71 bits per heavy atom. The SMILES string of the molecule is CC1(c2nc(CCCl)cs2)CCCO1. The Morgan fingerprint density at radius 2 is 2.57 bits per heavy atom. The molecule has 0 saturated carbocycles. The maximum atomic E-state index is 5.73. The molecular weight excluding hydrogens is 218 g/mol. The Hall–Kier alpha value is -0.120. The highest BCUT2D eigenvalue weighted by Crippen LogP contribution is 2.37. The van der Waals surface area contributed by atoms with Crippen molar-refractivity contribution in [1.29, 1.82) is 0 Å². The van der Waals surface area contributed by atoms with Crippen LogP contribution in [0.5, 0.6) is 0 Å². The Morgan fingerprint density at radius 3 is 3.21 bits per heavy atom. The summed E-state index contributed by atoms with van der Waals surface area (Å²) in [5.41, 5.74) is 0.964. The number of hydrogen-bond donors (Lipinski definition) is 0. The van der Waals surface area contributed by atoms with Crippen LogP contribution in [0.25, 0.3) is 0 Å². The van der Waals surface area contributed by atoms with Crippen molar-refractivity contribution in [2.24, 2.45) is 0 Å². The summed E-state index contributed by atoms with van der Waals surface area (Å²) >= 11 is 7.36. The summed E-state index contributed by atoms with van der Waals surface area (Å²) in [5, 5.41) is 3.19. The molecule has 2 heterocycles. The fraction of sp³-hybridized carbons (Fsp3) is 0.700. The highest BCUT2D eigenvalue weighted by Gasteiger charge is 2.34. The van der Waals surface area contributed by atoms with Gasteiger partial charge in [0.25, 0.3) is 0 Å². The molecule has 1 saturated heterocycles. The zero-order valence-corrected chi connectivity index (χ0v) is 9.83. The third-order valence-electron chi connectivity index (χ3n) is 2.57. The number of nitrogens with zero attached hydrogens (tertiary/aromatic N) is 1. The molecule has 1 aliphatic rings. The maximum Gasteiger partial charge on any atom is 0.125 e. The molecule has 14 heavy (non-hydrogen) atoms. The zero-order chi connectivity index (χ0) is 10.0. The van der Waals surface area contributed by atoms with E-state index < -0.39 is 0 Å². The van der Waals surface area contributed by atoms with Gasteiger partial charge in [-0.1, -0.05) is 0 Å². The van der Waals surface area contributed by atoms with E-state index in [2.05, 4.69) is 17.3 Å². The Balaban J connectivity index is 2.15. The van der Waals surface area contributed by atoms with E-state index in [1.54, 1.807) is 11.3 Å². The lowest BCUT2D eigenvalue weighted by atomic mass is 10.0. The van der Waals surface area contributed by atoms with Crippen molar-refractivity contribution in [3.8, 4) is 0 Å². The standard InChI is InChI=1S/C10H14ClNOS/c1-10(4-2-6-13-10)9-12-8(3-5-11)7-14-9/h7H,2-6H2,1H3. The molecule has 0 amide bonds. The molecule has 0 radical (unpaired) electrons. The van der Waals surface area contributed by atoms with Crippen molar-refractivity contribution < 1.29 is 4.74 Å². The molecular formula is C10H14ClNOS. The third-order valence-corrected chi connectivity index (χ3v) is 3.90. The van der Waals surface area contributed by atoms with E-state index in [1.165, 1.54) is 0 Å². The van der Waals surface area contributed by atoms with E-state index in [-0.39, 0.29) is 5.60 Å². The van der Waals surface area contributed by atoms with Crippen LogP contribution in [-0.4, -0.2) is 17.5 Å². The molecule has 1 fully saturated rings. The van der Waals surface area contributed by atoms with Gasteiger partial charge in [0.1, 0.15) is 10.6 Å².